The fraction of sp³-hybridized carbons (Fsp3) is 0.200. The van der Waals surface area contributed by atoms with Gasteiger partial charge < -0.3 is 14.2 Å². The van der Waals surface area contributed by atoms with Gasteiger partial charge in [-0.05, 0) is 45.8 Å². The van der Waals surface area contributed by atoms with Crippen molar-refractivity contribution in [3.63, 3.8) is 0 Å². The molecule has 156 valence electrons. The topological polar surface area (TPSA) is 99.9 Å². The molecule has 1 heterocycles. The van der Waals surface area contributed by atoms with Crippen molar-refractivity contribution < 1.29 is 19.0 Å². The largest absolute Gasteiger partial charge is 0.495 e. The molecule has 3 aromatic rings. The molecule has 1 unspecified atom stereocenters. The van der Waals surface area contributed by atoms with Crippen molar-refractivity contribution in [1.82, 2.24) is 20.2 Å². The molecule has 0 fully saturated rings. The Hall–Kier alpha value is -3.24. The first-order chi connectivity index (χ1) is 14.6. The highest BCUT2D eigenvalue weighted by Gasteiger charge is 2.20. The highest BCUT2D eigenvalue weighted by molar-refractivity contribution is 9.10. The summed E-state index contributed by atoms with van der Waals surface area (Å²) in [5.74, 6) is 0.770. The Morgan fingerprint density at radius 2 is 1.83 bits per heavy atom. The van der Waals surface area contributed by atoms with Crippen LogP contribution in [0.3, 0.4) is 0 Å². The van der Waals surface area contributed by atoms with Crippen LogP contribution in [0.25, 0.3) is 5.69 Å². The van der Waals surface area contributed by atoms with Gasteiger partial charge in [-0.2, -0.15) is 10.2 Å². The van der Waals surface area contributed by atoms with Crippen LogP contribution in [0, 0.1) is 0 Å². The number of aromatic nitrogens is 3. The zero-order valence-electron chi connectivity index (χ0n) is 16.6. The molecule has 0 saturated carbocycles. The number of amides is 1. The molecule has 0 bridgehead atoms. The molecule has 0 saturated heterocycles. The third-order valence-electron chi connectivity index (χ3n) is 4.21. The van der Waals surface area contributed by atoms with Gasteiger partial charge in [-0.15, -0.1) is 0 Å². The lowest BCUT2D eigenvalue weighted by molar-refractivity contribution is -0.131. The van der Waals surface area contributed by atoms with Crippen molar-refractivity contribution in [3.8, 4) is 17.2 Å². The van der Waals surface area contributed by atoms with E-state index in [1.807, 2.05) is 12.1 Å². The Balaban J connectivity index is 1.70. The van der Waals surface area contributed by atoms with E-state index < -0.39 is 12.0 Å². The van der Waals surface area contributed by atoms with Crippen LogP contribution in [0.2, 0.25) is 0 Å². The quantitative estimate of drug-likeness (QED) is 0.398. The average Bonchev–Trinajstić information content (AvgIpc) is 3.30. The number of ether oxygens (including phenoxy) is 3. The number of halogens is 1. The van der Waals surface area contributed by atoms with Crippen LogP contribution in [0.1, 0.15) is 17.2 Å². The van der Waals surface area contributed by atoms with Crippen molar-refractivity contribution in [2.24, 2.45) is 5.10 Å². The van der Waals surface area contributed by atoms with E-state index in [1.165, 1.54) is 19.7 Å². The van der Waals surface area contributed by atoms with Crippen LogP contribution in [0.4, 0.5) is 0 Å². The summed E-state index contributed by atoms with van der Waals surface area (Å²) < 4.78 is 18.3. The second kappa shape index (κ2) is 9.99. The summed E-state index contributed by atoms with van der Waals surface area (Å²) in [4.78, 5) is 16.5. The Morgan fingerprint density at radius 3 is 2.37 bits per heavy atom. The molecule has 1 aromatic heterocycles. The van der Waals surface area contributed by atoms with Crippen molar-refractivity contribution in [1.29, 1.82) is 0 Å². The Kier molecular flexibility index (Phi) is 7.15. The number of nitrogens with zero attached hydrogens (tertiary/aromatic N) is 4. The summed E-state index contributed by atoms with van der Waals surface area (Å²) in [6, 6.07) is 10.8. The smallest absolute Gasteiger partial charge is 0.273 e. The first-order valence-corrected chi connectivity index (χ1v) is 9.59. The lowest BCUT2D eigenvalue weighted by atomic mass is 10.1. The molecule has 1 N–H and O–H groups in total. The van der Waals surface area contributed by atoms with E-state index in [0.717, 1.165) is 5.69 Å². The number of hydrogen-bond acceptors (Lipinski definition) is 7. The van der Waals surface area contributed by atoms with E-state index in [0.29, 0.717) is 27.1 Å². The van der Waals surface area contributed by atoms with Gasteiger partial charge in [0.05, 0.1) is 26.1 Å². The van der Waals surface area contributed by atoms with Crippen LogP contribution in [-0.4, -0.2) is 48.2 Å². The van der Waals surface area contributed by atoms with Crippen molar-refractivity contribution in [3.05, 3.63) is 64.7 Å². The third kappa shape index (κ3) is 4.84. The molecule has 9 nitrogen and oxygen atoms in total. The number of methoxy groups -OCH3 is 3. The molecular weight excluding hydrogens is 454 g/mol. The number of nitrogens with one attached hydrogen (secondary N) is 1. The fourth-order valence-corrected chi connectivity index (χ4v) is 3.28. The minimum Gasteiger partial charge on any atom is -0.495 e. The lowest BCUT2D eigenvalue weighted by Gasteiger charge is -2.14. The predicted octanol–water partition coefficient (Wildman–Crippen LogP) is 2.88. The zero-order chi connectivity index (χ0) is 21.5. The van der Waals surface area contributed by atoms with Gasteiger partial charge >= 0.3 is 0 Å². The summed E-state index contributed by atoms with van der Waals surface area (Å²) >= 11 is 3.41. The molecule has 0 aliphatic carbocycles. The average molecular weight is 474 g/mol. The first-order valence-electron chi connectivity index (χ1n) is 8.79. The van der Waals surface area contributed by atoms with E-state index >= 15 is 0 Å². The SMILES string of the molecule is COc1cc(C=NNC(=O)C(OC)c2ccc(-n3cncn3)cc2)cc(OC)c1Br. The normalized spacial score (nSPS) is 12.0. The van der Waals surface area contributed by atoms with E-state index in [1.54, 1.807) is 49.5 Å². The zero-order valence-corrected chi connectivity index (χ0v) is 18.2. The second-order valence-electron chi connectivity index (χ2n) is 6.02. The van der Waals surface area contributed by atoms with Crippen LogP contribution in [-0.2, 0) is 9.53 Å². The third-order valence-corrected chi connectivity index (χ3v) is 4.99. The fourth-order valence-electron chi connectivity index (χ4n) is 2.73. The molecule has 3 rings (SSSR count). The van der Waals surface area contributed by atoms with E-state index in [-0.39, 0.29) is 0 Å². The summed E-state index contributed by atoms with van der Waals surface area (Å²) in [5.41, 5.74) is 4.69. The Bertz CT molecular complexity index is 997. The van der Waals surface area contributed by atoms with E-state index in [2.05, 4.69) is 36.5 Å². The molecule has 0 spiro atoms. The highest BCUT2D eigenvalue weighted by atomic mass is 79.9. The number of benzene rings is 2. The van der Waals surface area contributed by atoms with Gasteiger partial charge in [0.25, 0.3) is 5.91 Å². The molecule has 0 radical (unpaired) electrons. The summed E-state index contributed by atoms with van der Waals surface area (Å²) in [7, 11) is 4.57. The van der Waals surface area contributed by atoms with Gasteiger partial charge in [-0.25, -0.2) is 15.1 Å². The number of carbonyl (C=O) groups excluding carboxylic acids is 1. The number of hydrazone groups is 1. The molecule has 0 aliphatic heterocycles. The van der Waals surface area contributed by atoms with Gasteiger partial charge in [0.2, 0.25) is 0 Å². The molecule has 1 amide bonds. The Labute approximate surface area is 181 Å². The minimum absolute atomic E-state index is 0.404. The number of rotatable bonds is 8. The van der Waals surface area contributed by atoms with Crippen LogP contribution in [0.15, 0.2) is 58.6 Å². The summed E-state index contributed by atoms with van der Waals surface area (Å²) in [6.07, 6.45) is 3.72. The van der Waals surface area contributed by atoms with Crippen molar-refractivity contribution in [2.75, 3.05) is 21.3 Å². The predicted molar refractivity (Wildman–Crippen MR) is 114 cm³/mol. The van der Waals surface area contributed by atoms with Gasteiger partial charge in [-0.1, -0.05) is 12.1 Å². The summed E-state index contributed by atoms with van der Waals surface area (Å²) in [6.45, 7) is 0. The molecule has 0 aliphatic rings. The number of hydrogen-bond donors (Lipinski definition) is 1. The van der Waals surface area contributed by atoms with E-state index in [9.17, 15) is 4.79 Å². The lowest BCUT2D eigenvalue weighted by Crippen LogP contribution is -2.26. The van der Waals surface area contributed by atoms with Crippen LogP contribution < -0.4 is 14.9 Å². The first kappa shape index (κ1) is 21.5. The monoisotopic (exact) mass is 473 g/mol. The van der Waals surface area contributed by atoms with Crippen LogP contribution >= 0.6 is 15.9 Å². The van der Waals surface area contributed by atoms with Crippen molar-refractivity contribution >= 4 is 28.1 Å². The number of carbonyl (C=O) groups is 1. The van der Waals surface area contributed by atoms with Gasteiger partial charge in [0, 0.05) is 12.7 Å². The second-order valence-corrected chi connectivity index (χ2v) is 6.81. The van der Waals surface area contributed by atoms with Gasteiger partial charge in [0.15, 0.2) is 6.10 Å². The van der Waals surface area contributed by atoms with Crippen LogP contribution in [0.5, 0.6) is 11.5 Å². The maximum Gasteiger partial charge on any atom is 0.273 e. The molecule has 1 atom stereocenters. The van der Waals surface area contributed by atoms with Crippen molar-refractivity contribution in [2.45, 2.75) is 6.10 Å². The van der Waals surface area contributed by atoms with Gasteiger partial charge in [0.1, 0.15) is 28.6 Å². The molecule has 30 heavy (non-hydrogen) atoms. The molecule has 2 aromatic carbocycles. The van der Waals surface area contributed by atoms with E-state index in [4.69, 9.17) is 14.2 Å². The molecule has 10 heteroatoms. The standard InChI is InChI=1S/C20H20BrN5O4/c1-28-16-8-13(9-17(29-2)18(16)21)10-23-25-20(27)19(30-3)14-4-6-15(7-5-14)26-12-22-11-24-26/h4-12,19H,1-3H3,(H,25,27). The maximum absolute atomic E-state index is 12.5. The Morgan fingerprint density at radius 1 is 1.17 bits per heavy atom. The summed E-state index contributed by atoms with van der Waals surface area (Å²) in [5, 5.41) is 8.09. The van der Waals surface area contributed by atoms with Gasteiger partial charge in [-0.3, -0.25) is 4.79 Å². The maximum atomic E-state index is 12.5. The minimum atomic E-state index is -0.819. The highest BCUT2D eigenvalue weighted by Crippen LogP contribution is 2.35. The molecular formula is C20H20BrN5O4.